The van der Waals surface area contributed by atoms with Gasteiger partial charge in [0.15, 0.2) is 0 Å². The van der Waals surface area contributed by atoms with Gasteiger partial charge in [0.2, 0.25) is 0 Å². The van der Waals surface area contributed by atoms with E-state index in [0.717, 1.165) is 0 Å². The van der Waals surface area contributed by atoms with Gasteiger partial charge in [-0.1, -0.05) is 6.08 Å². The number of nitrogens with zero attached hydrogens (tertiary/aromatic N) is 2. The molecule has 1 unspecified atom stereocenters. The Balaban J connectivity index is 1.96. The summed E-state index contributed by atoms with van der Waals surface area (Å²) in [5.74, 6) is -0.921. The van der Waals surface area contributed by atoms with Gasteiger partial charge in [0, 0.05) is 24.5 Å². The van der Waals surface area contributed by atoms with Crippen LogP contribution in [0.2, 0.25) is 0 Å². The number of carbonyl (C=O) groups excluding carboxylic acids is 2. The van der Waals surface area contributed by atoms with Crippen molar-refractivity contribution in [1.82, 2.24) is 20.5 Å². The molecule has 7 nitrogen and oxygen atoms in total. The third kappa shape index (κ3) is 7.18. The fourth-order valence-electron chi connectivity index (χ4n) is 3.13. The van der Waals surface area contributed by atoms with E-state index in [1.54, 1.807) is 26.0 Å². The molecule has 0 aliphatic carbocycles. The van der Waals surface area contributed by atoms with Crippen molar-refractivity contribution >= 4 is 11.8 Å². The molecule has 1 saturated heterocycles. The highest BCUT2D eigenvalue weighted by molar-refractivity contribution is 5.97. The lowest BCUT2D eigenvalue weighted by Crippen LogP contribution is -2.50. The number of hydrogen-bond donors (Lipinski definition) is 3. The molecule has 164 valence electrons. The summed E-state index contributed by atoms with van der Waals surface area (Å²) < 4.78 is 37.7. The lowest BCUT2D eigenvalue weighted by Gasteiger charge is -2.33. The highest BCUT2D eigenvalue weighted by Gasteiger charge is 2.33. The number of allylic oxidation sites excluding steroid dienone is 3. The van der Waals surface area contributed by atoms with Crippen molar-refractivity contribution in [2.45, 2.75) is 38.9 Å². The van der Waals surface area contributed by atoms with Gasteiger partial charge in [-0.25, -0.2) is 0 Å². The largest absolute Gasteiger partial charge is 0.401 e. The normalized spacial score (nSPS) is 18.8. The summed E-state index contributed by atoms with van der Waals surface area (Å²) in [6.45, 7) is 2.94. The Labute approximate surface area is 173 Å². The number of halogens is 3. The molecule has 0 radical (unpaired) electrons. The first kappa shape index (κ1) is 23.4. The average molecular weight is 425 g/mol. The predicted molar refractivity (Wildman–Crippen MR) is 106 cm³/mol. The molecule has 0 spiro atoms. The lowest BCUT2D eigenvalue weighted by atomic mass is 10.1. The van der Waals surface area contributed by atoms with E-state index in [1.807, 2.05) is 0 Å². The van der Waals surface area contributed by atoms with Gasteiger partial charge < -0.3 is 16.4 Å². The molecule has 4 N–H and O–H groups in total. The molecule has 1 aliphatic rings. The average Bonchev–Trinajstić information content (AvgIpc) is 2.66. The van der Waals surface area contributed by atoms with E-state index in [-0.39, 0.29) is 23.8 Å². The Bertz CT molecular complexity index is 815. The first-order chi connectivity index (χ1) is 14.1. The number of likely N-dealkylation sites (tertiary alicyclic amines) is 1. The number of rotatable bonds is 6. The molecule has 10 heteroatoms. The maximum atomic E-state index is 12.6. The van der Waals surface area contributed by atoms with Crippen LogP contribution in [-0.4, -0.2) is 53.6 Å². The van der Waals surface area contributed by atoms with Gasteiger partial charge in [0.05, 0.1) is 17.8 Å². The number of piperidine rings is 1. The molecule has 30 heavy (non-hydrogen) atoms. The van der Waals surface area contributed by atoms with Crippen LogP contribution >= 0.6 is 0 Å². The Morgan fingerprint density at radius 3 is 2.63 bits per heavy atom. The van der Waals surface area contributed by atoms with E-state index in [9.17, 15) is 22.8 Å². The van der Waals surface area contributed by atoms with Crippen LogP contribution in [0.15, 0.2) is 41.9 Å². The fourth-order valence-corrected chi connectivity index (χ4v) is 3.13. The van der Waals surface area contributed by atoms with Crippen LogP contribution < -0.4 is 16.4 Å². The van der Waals surface area contributed by atoms with Gasteiger partial charge in [-0.3, -0.25) is 19.5 Å². The maximum absolute atomic E-state index is 12.6. The van der Waals surface area contributed by atoms with Crippen molar-refractivity contribution in [2.24, 2.45) is 5.73 Å². The molecular weight excluding hydrogens is 399 g/mol. The van der Waals surface area contributed by atoms with Crippen molar-refractivity contribution in [3.8, 4) is 0 Å². The third-order valence-electron chi connectivity index (χ3n) is 4.51. The quantitative estimate of drug-likeness (QED) is 0.608. The predicted octanol–water partition coefficient (Wildman–Crippen LogP) is 2.33. The number of hydrogen-bond acceptors (Lipinski definition) is 5. The molecule has 1 atom stereocenters. The van der Waals surface area contributed by atoms with Gasteiger partial charge >= 0.3 is 6.18 Å². The van der Waals surface area contributed by atoms with Gasteiger partial charge in [-0.05, 0) is 51.4 Å². The van der Waals surface area contributed by atoms with Crippen LogP contribution in [0.3, 0.4) is 0 Å². The van der Waals surface area contributed by atoms with E-state index in [0.29, 0.717) is 30.8 Å². The fraction of sp³-hybridized carbons (Fsp3) is 0.450. The number of amides is 2. The zero-order chi connectivity index (χ0) is 22.3. The second-order valence-electron chi connectivity index (χ2n) is 7.15. The van der Waals surface area contributed by atoms with E-state index in [4.69, 9.17) is 5.73 Å². The number of aromatic nitrogens is 1. The monoisotopic (exact) mass is 425 g/mol. The molecule has 1 aliphatic heterocycles. The summed E-state index contributed by atoms with van der Waals surface area (Å²) >= 11 is 0. The van der Waals surface area contributed by atoms with Crippen LogP contribution in [0.25, 0.3) is 0 Å². The van der Waals surface area contributed by atoms with E-state index < -0.39 is 24.5 Å². The van der Waals surface area contributed by atoms with Crippen LogP contribution in [0.4, 0.5) is 13.2 Å². The summed E-state index contributed by atoms with van der Waals surface area (Å²) in [7, 11) is 0. The minimum absolute atomic E-state index is 0.101. The van der Waals surface area contributed by atoms with Crippen LogP contribution in [0.1, 0.15) is 47.5 Å². The first-order valence-corrected chi connectivity index (χ1v) is 9.55. The van der Waals surface area contributed by atoms with Crippen molar-refractivity contribution in [2.75, 3.05) is 19.6 Å². The Morgan fingerprint density at radius 2 is 2.07 bits per heavy atom. The topological polar surface area (TPSA) is 100 Å². The summed E-state index contributed by atoms with van der Waals surface area (Å²) in [5, 5.41) is 5.38. The highest BCUT2D eigenvalue weighted by Crippen LogP contribution is 2.20. The van der Waals surface area contributed by atoms with Gasteiger partial charge in [0.25, 0.3) is 11.8 Å². The molecule has 1 aromatic heterocycles. The van der Waals surface area contributed by atoms with Crippen molar-refractivity contribution < 1.29 is 22.8 Å². The smallest absolute Gasteiger partial charge is 0.401 e. The van der Waals surface area contributed by atoms with E-state index in [2.05, 4.69) is 15.6 Å². The second-order valence-corrected chi connectivity index (χ2v) is 7.15. The summed E-state index contributed by atoms with van der Waals surface area (Å²) in [6, 6.07) is 2.47. The summed E-state index contributed by atoms with van der Waals surface area (Å²) in [4.78, 5) is 30.0. The Morgan fingerprint density at radius 1 is 1.33 bits per heavy atom. The number of alkyl halides is 3. The Kier molecular flexibility index (Phi) is 7.99. The lowest BCUT2D eigenvalue weighted by molar-refractivity contribution is -0.148. The van der Waals surface area contributed by atoms with Crippen LogP contribution in [0.5, 0.6) is 0 Å². The number of nitrogens with two attached hydrogens (primary N) is 1. The minimum atomic E-state index is -4.27. The standard InChI is InChI=1S/C20H26F3N5O2/c1-3-5-16(13(2)24)27-19(30)17-8-7-14(10-25-17)18(29)26-15-6-4-9-28(11-15)12-20(21,22)23/h3,5,7-8,10,15H,4,6,9,11-12,24H2,1-2H3,(H,26,29)(H,27,30)/b5-3-,16-13-. The molecule has 0 aromatic carbocycles. The molecule has 0 bridgehead atoms. The molecule has 2 heterocycles. The minimum Gasteiger partial charge on any atom is -0.401 e. The van der Waals surface area contributed by atoms with Crippen molar-refractivity contribution in [1.29, 1.82) is 0 Å². The van der Waals surface area contributed by atoms with Crippen LogP contribution in [0, 0.1) is 0 Å². The van der Waals surface area contributed by atoms with Gasteiger partial charge in [-0.2, -0.15) is 13.2 Å². The molecule has 2 amide bonds. The number of nitrogens with one attached hydrogen (secondary N) is 2. The maximum Gasteiger partial charge on any atom is 0.401 e. The van der Waals surface area contributed by atoms with Gasteiger partial charge in [0.1, 0.15) is 5.69 Å². The first-order valence-electron chi connectivity index (χ1n) is 9.55. The Hall–Kier alpha value is -2.88. The van der Waals surface area contributed by atoms with E-state index >= 15 is 0 Å². The van der Waals surface area contributed by atoms with Crippen molar-refractivity contribution in [3.05, 3.63) is 53.1 Å². The third-order valence-corrected chi connectivity index (χ3v) is 4.51. The zero-order valence-corrected chi connectivity index (χ0v) is 16.9. The van der Waals surface area contributed by atoms with Gasteiger partial charge in [-0.15, -0.1) is 0 Å². The zero-order valence-electron chi connectivity index (χ0n) is 16.9. The highest BCUT2D eigenvalue weighted by atomic mass is 19.4. The van der Waals surface area contributed by atoms with Crippen LogP contribution in [-0.2, 0) is 0 Å². The van der Waals surface area contributed by atoms with E-state index in [1.165, 1.54) is 23.2 Å². The second kappa shape index (κ2) is 10.2. The SMILES string of the molecule is C/C=C\C(NC(=O)c1ccc(C(=O)NC2CCCN(CC(F)(F)F)C2)cn1)=C(/C)N. The molecule has 2 rings (SSSR count). The molecule has 0 saturated carbocycles. The summed E-state index contributed by atoms with van der Waals surface area (Å²) in [5.41, 5.74) is 6.93. The van der Waals surface area contributed by atoms with Crippen molar-refractivity contribution in [3.63, 3.8) is 0 Å². The number of carbonyl (C=O) groups is 2. The molecule has 1 fully saturated rings. The summed E-state index contributed by atoms with van der Waals surface area (Å²) in [6.07, 6.45) is 1.55. The number of pyridine rings is 1. The molecular formula is C20H26F3N5O2. The molecule has 1 aromatic rings.